The Balaban J connectivity index is 2.16. The largest absolute Gasteiger partial charge is 0.356 e. The molecule has 0 aliphatic rings. The average Bonchev–Trinajstić information content (AvgIpc) is 2.27. The van der Waals surface area contributed by atoms with Crippen LogP contribution in [0.25, 0.3) is 0 Å². The molecule has 16 heavy (non-hydrogen) atoms. The van der Waals surface area contributed by atoms with Gasteiger partial charge in [0.2, 0.25) is 0 Å². The van der Waals surface area contributed by atoms with Crippen molar-refractivity contribution in [2.24, 2.45) is 5.84 Å². The maximum absolute atomic E-state index is 10.9. The zero-order valence-corrected chi connectivity index (χ0v) is 10.2. The highest BCUT2D eigenvalue weighted by atomic mass is 35.5. The number of nitrogens with one attached hydrogen (secondary N) is 1. The molecule has 6 heteroatoms. The lowest BCUT2D eigenvalue weighted by Crippen LogP contribution is -2.26. The van der Waals surface area contributed by atoms with Gasteiger partial charge in [0.1, 0.15) is 0 Å². The van der Waals surface area contributed by atoms with E-state index in [2.05, 4.69) is 4.84 Å². The number of hydrazine groups is 1. The van der Waals surface area contributed by atoms with Gasteiger partial charge in [-0.05, 0) is 17.7 Å². The van der Waals surface area contributed by atoms with E-state index in [0.29, 0.717) is 12.2 Å². The van der Waals surface area contributed by atoms with E-state index in [1.165, 1.54) is 5.56 Å². The van der Waals surface area contributed by atoms with Gasteiger partial charge < -0.3 is 4.84 Å². The van der Waals surface area contributed by atoms with Crippen molar-refractivity contribution in [3.63, 3.8) is 0 Å². The van der Waals surface area contributed by atoms with Crippen LogP contribution < -0.4 is 11.4 Å². The molecule has 0 saturated heterocycles. The highest BCUT2D eigenvalue weighted by molar-refractivity contribution is 7.98. The molecule has 1 rings (SSSR count). The predicted molar refractivity (Wildman–Crippen MR) is 65.6 cm³/mol. The second-order valence-electron chi connectivity index (χ2n) is 3.02. The Morgan fingerprint density at radius 2 is 2.12 bits per heavy atom. The molecule has 0 atom stereocenters. The number of rotatable bonds is 6. The molecule has 88 valence electrons. The molecule has 0 spiro atoms. The van der Waals surface area contributed by atoms with Crippen molar-refractivity contribution in [1.29, 1.82) is 0 Å². The van der Waals surface area contributed by atoms with Gasteiger partial charge in [0.15, 0.2) is 0 Å². The fraction of sp³-hybridized carbons (Fsp3) is 0.300. The summed E-state index contributed by atoms with van der Waals surface area (Å²) in [5, 5.41) is 0.728. The Morgan fingerprint density at radius 3 is 2.75 bits per heavy atom. The summed E-state index contributed by atoms with van der Waals surface area (Å²) in [5.41, 5.74) is 3.04. The van der Waals surface area contributed by atoms with Gasteiger partial charge in [-0.3, -0.25) is 4.79 Å². The van der Waals surface area contributed by atoms with E-state index < -0.39 is 0 Å². The number of benzene rings is 1. The first kappa shape index (κ1) is 13.3. The normalized spacial score (nSPS) is 10.1. The molecule has 0 saturated carbocycles. The Bertz CT molecular complexity index is 332. The van der Waals surface area contributed by atoms with Crippen LogP contribution in [0.15, 0.2) is 24.3 Å². The van der Waals surface area contributed by atoms with E-state index in [4.69, 9.17) is 17.4 Å². The number of hydrogen-bond acceptors (Lipinski definition) is 5. The molecular formula is C10H13ClN2O2S. The number of nitrogens with two attached hydrogens (primary N) is 1. The van der Waals surface area contributed by atoms with Crippen LogP contribution >= 0.6 is 23.4 Å². The highest BCUT2D eigenvalue weighted by Gasteiger charge is 2.01. The summed E-state index contributed by atoms with van der Waals surface area (Å²) in [6.07, 6.45) is 0.336. The van der Waals surface area contributed by atoms with E-state index in [0.717, 1.165) is 10.8 Å². The van der Waals surface area contributed by atoms with Crippen LogP contribution in [0, 0.1) is 0 Å². The highest BCUT2D eigenvalue weighted by Crippen LogP contribution is 2.15. The second-order valence-corrected chi connectivity index (χ2v) is 4.56. The lowest BCUT2D eigenvalue weighted by molar-refractivity contribution is -0.150. The van der Waals surface area contributed by atoms with Crippen LogP contribution in [0.1, 0.15) is 12.0 Å². The molecule has 0 aromatic heterocycles. The third kappa shape index (κ3) is 5.37. The molecule has 0 amide bonds. The second kappa shape index (κ2) is 7.51. The molecule has 1 aromatic carbocycles. The van der Waals surface area contributed by atoms with Crippen molar-refractivity contribution in [1.82, 2.24) is 5.59 Å². The zero-order chi connectivity index (χ0) is 11.8. The fourth-order valence-electron chi connectivity index (χ4n) is 1.04. The first-order valence-electron chi connectivity index (χ1n) is 4.70. The van der Waals surface area contributed by atoms with E-state index in [9.17, 15) is 4.79 Å². The molecule has 0 bridgehead atoms. The molecule has 0 unspecified atom stereocenters. The van der Waals surface area contributed by atoms with Crippen molar-refractivity contribution < 1.29 is 9.63 Å². The van der Waals surface area contributed by atoms with Gasteiger partial charge in [-0.1, -0.05) is 29.3 Å². The van der Waals surface area contributed by atoms with Crippen molar-refractivity contribution in [2.45, 2.75) is 12.2 Å². The summed E-state index contributed by atoms with van der Waals surface area (Å²) in [6.45, 7) is 0. The van der Waals surface area contributed by atoms with E-state index in [1.807, 2.05) is 29.9 Å². The fourth-order valence-corrected chi connectivity index (χ4v) is 2.05. The van der Waals surface area contributed by atoms with Crippen molar-refractivity contribution >= 4 is 29.3 Å². The molecule has 1 aromatic rings. The maximum Gasteiger partial charge on any atom is 0.327 e. The van der Waals surface area contributed by atoms with Crippen LogP contribution in [-0.2, 0) is 15.4 Å². The standard InChI is InChI=1S/C10H13ClN2O2S/c11-9-3-1-8(2-4-9)7-16-6-5-10(14)15-13-12/h1-4,13H,5-7,12H2. The lowest BCUT2D eigenvalue weighted by Gasteiger charge is -2.02. The smallest absolute Gasteiger partial charge is 0.327 e. The average molecular weight is 261 g/mol. The molecule has 0 aliphatic heterocycles. The molecule has 4 nitrogen and oxygen atoms in total. The molecule has 0 radical (unpaired) electrons. The number of hydrogen-bond donors (Lipinski definition) is 2. The van der Waals surface area contributed by atoms with Gasteiger partial charge in [0.05, 0.1) is 6.42 Å². The Kier molecular flexibility index (Phi) is 6.25. The quantitative estimate of drug-likeness (QED) is 0.465. The maximum atomic E-state index is 10.9. The van der Waals surface area contributed by atoms with Crippen molar-refractivity contribution in [3.05, 3.63) is 34.9 Å². The van der Waals surface area contributed by atoms with Gasteiger partial charge >= 0.3 is 5.97 Å². The Morgan fingerprint density at radius 1 is 1.44 bits per heavy atom. The summed E-state index contributed by atoms with van der Waals surface area (Å²) in [6, 6.07) is 7.64. The van der Waals surface area contributed by atoms with Gasteiger partial charge in [-0.25, -0.2) is 5.84 Å². The van der Waals surface area contributed by atoms with Gasteiger partial charge in [0.25, 0.3) is 0 Å². The topological polar surface area (TPSA) is 64.3 Å². The van der Waals surface area contributed by atoms with Crippen LogP contribution in [0.2, 0.25) is 5.02 Å². The third-order valence-electron chi connectivity index (χ3n) is 1.81. The zero-order valence-electron chi connectivity index (χ0n) is 8.61. The van der Waals surface area contributed by atoms with E-state index >= 15 is 0 Å². The summed E-state index contributed by atoms with van der Waals surface area (Å²) in [7, 11) is 0. The van der Waals surface area contributed by atoms with E-state index in [-0.39, 0.29) is 5.97 Å². The van der Waals surface area contributed by atoms with Crippen molar-refractivity contribution in [2.75, 3.05) is 5.75 Å². The molecule has 0 fully saturated rings. The minimum atomic E-state index is -0.355. The summed E-state index contributed by atoms with van der Waals surface area (Å²) < 4.78 is 0. The van der Waals surface area contributed by atoms with Crippen LogP contribution in [0.3, 0.4) is 0 Å². The monoisotopic (exact) mass is 260 g/mol. The predicted octanol–water partition coefficient (Wildman–Crippen LogP) is 1.88. The number of thioether (sulfide) groups is 1. The summed E-state index contributed by atoms with van der Waals surface area (Å²) in [4.78, 5) is 15.3. The number of carbonyl (C=O) groups is 1. The summed E-state index contributed by atoms with van der Waals surface area (Å²) in [5.74, 6) is 6.02. The third-order valence-corrected chi connectivity index (χ3v) is 3.09. The molecule has 3 N–H and O–H groups in total. The van der Waals surface area contributed by atoms with Gasteiger partial charge in [-0.2, -0.15) is 11.8 Å². The summed E-state index contributed by atoms with van der Waals surface area (Å²) >= 11 is 7.42. The Hall–Kier alpha value is -0.750. The first-order chi connectivity index (χ1) is 7.72. The number of carbonyl (C=O) groups excluding carboxylic acids is 1. The van der Waals surface area contributed by atoms with Crippen LogP contribution in [0.4, 0.5) is 0 Å². The lowest BCUT2D eigenvalue weighted by atomic mass is 10.2. The minimum absolute atomic E-state index is 0.336. The van der Waals surface area contributed by atoms with Crippen molar-refractivity contribution in [3.8, 4) is 0 Å². The van der Waals surface area contributed by atoms with Crippen LogP contribution in [0.5, 0.6) is 0 Å². The Labute approximate surface area is 103 Å². The SMILES string of the molecule is NNOC(=O)CCSCc1ccc(Cl)cc1. The van der Waals surface area contributed by atoms with Gasteiger partial charge in [-0.15, -0.1) is 0 Å². The van der Waals surface area contributed by atoms with Crippen LogP contribution in [-0.4, -0.2) is 11.7 Å². The first-order valence-corrected chi connectivity index (χ1v) is 6.23. The minimum Gasteiger partial charge on any atom is -0.356 e. The molecule has 0 aliphatic carbocycles. The van der Waals surface area contributed by atoms with E-state index in [1.54, 1.807) is 11.8 Å². The molecule has 0 heterocycles. The molecular weight excluding hydrogens is 248 g/mol. The number of halogens is 1. The van der Waals surface area contributed by atoms with Gasteiger partial charge in [0, 0.05) is 16.5 Å².